The van der Waals surface area contributed by atoms with E-state index in [1.54, 1.807) is 24.5 Å². The number of nitrogens with zero attached hydrogens (tertiary/aromatic N) is 3. The van der Waals surface area contributed by atoms with Gasteiger partial charge in [0.2, 0.25) is 0 Å². The van der Waals surface area contributed by atoms with Crippen molar-refractivity contribution in [1.29, 1.82) is 0 Å². The largest absolute Gasteiger partial charge is 0.440 e. The quantitative estimate of drug-likeness (QED) is 0.343. The lowest BCUT2D eigenvalue weighted by molar-refractivity contribution is -0.275. The maximum atomic E-state index is 14.6. The number of hydrogen-bond donors (Lipinski definition) is 1. The maximum absolute atomic E-state index is 14.6. The number of aryl methyl sites for hydroxylation is 1. The van der Waals surface area contributed by atoms with Gasteiger partial charge < -0.3 is 14.3 Å². The number of rotatable bonds is 8. The zero-order valence-corrected chi connectivity index (χ0v) is 21.9. The van der Waals surface area contributed by atoms with E-state index in [1.807, 2.05) is 0 Å². The van der Waals surface area contributed by atoms with Crippen molar-refractivity contribution in [1.82, 2.24) is 15.0 Å². The summed E-state index contributed by atoms with van der Waals surface area (Å²) in [5, 5.41) is 9.93. The number of benzene rings is 1. The summed E-state index contributed by atoms with van der Waals surface area (Å²) in [6.07, 6.45) is 10.1. The van der Waals surface area contributed by atoms with E-state index in [0.717, 1.165) is 38.0 Å². The van der Waals surface area contributed by atoms with Crippen LogP contribution in [0.5, 0.6) is 5.75 Å². The molecule has 3 saturated carbocycles. The number of alkyl halides is 2. The normalized spacial score (nSPS) is 24.7. The van der Waals surface area contributed by atoms with Crippen molar-refractivity contribution in [2.75, 3.05) is 0 Å². The van der Waals surface area contributed by atoms with Crippen LogP contribution >= 0.6 is 0 Å². The number of halogens is 2. The average Bonchev–Trinajstić information content (AvgIpc) is 3.28. The van der Waals surface area contributed by atoms with E-state index in [2.05, 4.69) is 21.9 Å². The van der Waals surface area contributed by atoms with Crippen LogP contribution in [0, 0.1) is 23.7 Å². The van der Waals surface area contributed by atoms with Gasteiger partial charge in [0.1, 0.15) is 0 Å². The Morgan fingerprint density at radius 2 is 1.84 bits per heavy atom. The van der Waals surface area contributed by atoms with Crippen LogP contribution in [-0.4, -0.2) is 31.8 Å². The number of oxazole rings is 1. The molecule has 1 N–H and O–H groups in total. The van der Waals surface area contributed by atoms with Gasteiger partial charge in [0, 0.05) is 18.8 Å². The van der Waals surface area contributed by atoms with Crippen molar-refractivity contribution in [2.24, 2.45) is 23.7 Å². The first kappa shape index (κ1) is 26.0. The van der Waals surface area contributed by atoms with Gasteiger partial charge in [-0.1, -0.05) is 26.2 Å². The third-order valence-corrected chi connectivity index (χ3v) is 8.46. The Bertz CT molecular complexity index is 1210. The Hall–Kier alpha value is -2.61. The Kier molecular flexibility index (Phi) is 7.22. The topological polar surface area (TPSA) is 81.3 Å². The zero-order valence-electron chi connectivity index (χ0n) is 21.9. The molecular formula is C29H37F2N3O3. The highest BCUT2D eigenvalue weighted by molar-refractivity contribution is 5.92. The lowest BCUT2D eigenvalue weighted by Gasteiger charge is -2.41. The molecule has 2 aromatic heterocycles. The molecule has 6 nitrogen and oxygen atoms in total. The highest BCUT2D eigenvalue weighted by atomic mass is 19.3. The molecule has 0 amide bonds. The molecule has 8 heteroatoms. The molecule has 3 fully saturated rings. The van der Waals surface area contributed by atoms with E-state index >= 15 is 0 Å². The minimum absolute atomic E-state index is 0.148. The molecule has 0 saturated heterocycles. The fourth-order valence-corrected chi connectivity index (χ4v) is 6.24. The number of aliphatic hydroxyl groups is 1. The van der Waals surface area contributed by atoms with Gasteiger partial charge in [-0.2, -0.15) is 8.78 Å². The Balaban J connectivity index is 1.40. The fourth-order valence-electron chi connectivity index (χ4n) is 6.24. The summed E-state index contributed by atoms with van der Waals surface area (Å²) in [5.41, 5.74) is -1.32. The van der Waals surface area contributed by atoms with Crippen molar-refractivity contribution < 1.29 is 23.0 Å². The summed E-state index contributed by atoms with van der Waals surface area (Å²) in [5.74, 6) is 3.93. The molecule has 0 aliphatic heterocycles. The molecule has 200 valence electrons. The lowest BCUT2D eigenvalue weighted by Crippen LogP contribution is -2.47. The highest BCUT2D eigenvalue weighted by Gasteiger charge is 2.49. The predicted octanol–water partition coefficient (Wildman–Crippen LogP) is 7.20. The molecule has 4 unspecified atom stereocenters. The van der Waals surface area contributed by atoms with Gasteiger partial charge in [0.25, 0.3) is 0 Å². The first-order chi connectivity index (χ1) is 17.6. The first-order valence-electron chi connectivity index (χ1n) is 13.6. The van der Waals surface area contributed by atoms with Gasteiger partial charge in [0.05, 0.1) is 5.56 Å². The molecule has 3 aliphatic rings. The van der Waals surface area contributed by atoms with Crippen molar-refractivity contribution in [3.05, 3.63) is 36.5 Å². The SMILES string of the molecule is CCC1CC2CCC1CCC(CCc1nc3c(OC(F)(F)C(C)(C)O)ccc(-c4ncccn4)c3o1)C2. The predicted molar refractivity (Wildman–Crippen MR) is 137 cm³/mol. The minimum Gasteiger partial charge on any atom is -0.440 e. The maximum Gasteiger partial charge on any atom is 0.426 e. The number of ether oxygens (including phenoxy) is 1. The number of aromatic nitrogens is 3. The molecule has 6 rings (SSSR count). The number of hydrogen-bond acceptors (Lipinski definition) is 6. The van der Waals surface area contributed by atoms with Crippen LogP contribution in [0.15, 0.2) is 35.0 Å². The van der Waals surface area contributed by atoms with E-state index in [9.17, 15) is 13.9 Å². The minimum atomic E-state index is -3.82. The third-order valence-electron chi connectivity index (χ3n) is 8.46. The van der Waals surface area contributed by atoms with Crippen LogP contribution in [0.1, 0.15) is 78.0 Å². The van der Waals surface area contributed by atoms with E-state index in [-0.39, 0.29) is 11.3 Å². The summed E-state index contributed by atoms with van der Waals surface area (Å²) in [6.45, 7) is 4.35. The van der Waals surface area contributed by atoms with Crippen molar-refractivity contribution in [2.45, 2.75) is 90.3 Å². The summed E-state index contributed by atoms with van der Waals surface area (Å²) in [6, 6.07) is 4.71. The smallest absolute Gasteiger partial charge is 0.426 e. The van der Waals surface area contributed by atoms with E-state index in [1.165, 1.54) is 51.0 Å². The third kappa shape index (κ3) is 5.49. The van der Waals surface area contributed by atoms with Gasteiger partial charge in [-0.15, -0.1) is 0 Å². The Morgan fingerprint density at radius 1 is 1.08 bits per heavy atom. The first-order valence-corrected chi connectivity index (χ1v) is 13.6. The van der Waals surface area contributed by atoms with Crippen LogP contribution < -0.4 is 4.74 Å². The average molecular weight is 514 g/mol. The summed E-state index contributed by atoms with van der Waals surface area (Å²) in [7, 11) is 0. The molecule has 2 bridgehead atoms. The molecular weight excluding hydrogens is 476 g/mol. The van der Waals surface area contributed by atoms with E-state index < -0.39 is 11.7 Å². The molecule has 37 heavy (non-hydrogen) atoms. The van der Waals surface area contributed by atoms with Crippen molar-refractivity contribution >= 4 is 11.1 Å². The molecule has 1 aromatic carbocycles. The summed E-state index contributed by atoms with van der Waals surface area (Å²) in [4.78, 5) is 13.2. The van der Waals surface area contributed by atoms with Gasteiger partial charge in [0.15, 0.2) is 34.2 Å². The van der Waals surface area contributed by atoms with Crippen LogP contribution in [0.3, 0.4) is 0 Å². The molecule has 0 radical (unpaired) electrons. The summed E-state index contributed by atoms with van der Waals surface area (Å²) >= 11 is 0. The Morgan fingerprint density at radius 3 is 2.57 bits per heavy atom. The van der Waals surface area contributed by atoms with E-state index in [0.29, 0.717) is 35.2 Å². The zero-order chi connectivity index (χ0) is 26.2. The monoisotopic (exact) mass is 513 g/mol. The summed E-state index contributed by atoms with van der Waals surface area (Å²) < 4.78 is 40.4. The van der Waals surface area contributed by atoms with Crippen molar-refractivity contribution in [3.8, 4) is 17.1 Å². The molecule has 3 aromatic rings. The Labute approximate surface area is 216 Å². The van der Waals surface area contributed by atoms with Gasteiger partial charge in [-0.3, -0.25) is 0 Å². The van der Waals surface area contributed by atoms with Crippen LogP contribution in [0.25, 0.3) is 22.5 Å². The van der Waals surface area contributed by atoms with Crippen molar-refractivity contribution in [3.63, 3.8) is 0 Å². The lowest BCUT2D eigenvalue weighted by atomic mass is 9.65. The fraction of sp³-hybridized carbons (Fsp3) is 0.621. The molecule has 0 spiro atoms. The van der Waals surface area contributed by atoms with E-state index in [4.69, 9.17) is 9.15 Å². The second-order valence-corrected chi connectivity index (χ2v) is 11.5. The van der Waals surface area contributed by atoms with Crippen LogP contribution in [0.2, 0.25) is 0 Å². The number of fused-ring (bicyclic) bond motifs is 6. The van der Waals surface area contributed by atoms with Gasteiger partial charge in [-0.05, 0) is 87.8 Å². The van der Waals surface area contributed by atoms with Crippen LogP contribution in [-0.2, 0) is 6.42 Å². The molecule has 2 heterocycles. The van der Waals surface area contributed by atoms with Gasteiger partial charge in [-0.25, -0.2) is 15.0 Å². The molecule has 4 atom stereocenters. The molecule has 3 aliphatic carbocycles. The second-order valence-electron chi connectivity index (χ2n) is 11.5. The highest BCUT2D eigenvalue weighted by Crippen LogP contribution is 2.45. The van der Waals surface area contributed by atoms with Crippen LogP contribution in [0.4, 0.5) is 8.78 Å². The second kappa shape index (κ2) is 10.3. The van der Waals surface area contributed by atoms with Gasteiger partial charge >= 0.3 is 6.11 Å². The standard InChI is InChI=1S/C29H37F2N3O3/c1-4-20-17-19-7-10-21(20)9-6-18(16-19)8-13-24-34-25-23(37-29(30,31)28(2,3)35)12-11-22(26(25)36-24)27-32-14-5-15-33-27/h5,11-12,14-15,18-21,35H,4,6-10,13,16-17H2,1-3H3.